The first kappa shape index (κ1) is 7.56. The molecule has 0 saturated carbocycles. The fraction of sp³-hybridized carbons (Fsp3) is 0.889. The van der Waals surface area contributed by atoms with E-state index in [4.69, 9.17) is 0 Å². The molecule has 2 rings (SSSR count). The van der Waals surface area contributed by atoms with E-state index in [1.807, 2.05) is 0 Å². The minimum Gasteiger partial charge on any atom is -0.317 e. The predicted octanol–water partition coefficient (Wildman–Crippen LogP) is 0.996. The first-order chi connectivity index (χ1) is 5.47. The molecule has 11 heavy (non-hydrogen) atoms. The van der Waals surface area contributed by atoms with Crippen molar-refractivity contribution in [3.8, 4) is 0 Å². The van der Waals surface area contributed by atoms with Crippen molar-refractivity contribution in [1.29, 1.82) is 0 Å². The van der Waals surface area contributed by atoms with Crippen LogP contribution in [0.1, 0.15) is 25.7 Å². The monoisotopic (exact) mass is 153 g/mol. The van der Waals surface area contributed by atoms with Gasteiger partial charge in [-0.15, -0.1) is 0 Å². The zero-order chi connectivity index (χ0) is 7.52. The molecule has 2 fully saturated rings. The Hall–Kier alpha value is -0.0800. The fourth-order valence-corrected chi connectivity index (χ4v) is 2.09. The van der Waals surface area contributed by atoms with Crippen LogP contribution in [-0.4, -0.2) is 30.6 Å². The summed E-state index contributed by atoms with van der Waals surface area (Å²) in [5.74, 6) is 0. The van der Waals surface area contributed by atoms with Gasteiger partial charge in [0.2, 0.25) is 0 Å². The normalized spacial score (nSPS) is 29.5. The van der Waals surface area contributed by atoms with E-state index in [-0.39, 0.29) is 0 Å². The van der Waals surface area contributed by atoms with Gasteiger partial charge in [0.1, 0.15) is 0 Å². The van der Waals surface area contributed by atoms with E-state index in [1.165, 1.54) is 45.3 Å². The van der Waals surface area contributed by atoms with E-state index in [1.54, 1.807) is 0 Å². The Balaban J connectivity index is 1.82. The largest absolute Gasteiger partial charge is 0.317 e. The summed E-state index contributed by atoms with van der Waals surface area (Å²) in [5.41, 5.74) is 0. The van der Waals surface area contributed by atoms with Gasteiger partial charge >= 0.3 is 0 Å². The standard InChI is InChI=1S/C9H17N2/c1-2-8-11(7-1)9-3-5-10-6-4-9/h7,9-10H,1-6,8H2. The second kappa shape index (κ2) is 3.55. The third-order valence-corrected chi connectivity index (χ3v) is 2.76. The summed E-state index contributed by atoms with van der Waals surface area (Å²) in [7, 11) is 0. The van der Waals surface area contributed by atoms with Crippen molar-refractivity contribution in [1.82, 2.24) is 10.2 Å². The number of hydrogen-bond donors (Lipinski definition) is 1. The van der Waals surface area contributed by atoms with Crippen molar-refractivity contribution >= 4 is 0 Å². The van der Waals surface area contributed by atoms with Gasteiger partial charge < -0.3 is 5.32 Å². The average molecular weight is 153 g/mol. The fourth-order valence-electron chi connectivity index (χ4n) is 2.09. The number of piperidine rings is 1. The van der Waals surface area contributed by atoms with Crippen molar-refractivity contribution in [2.45, 2.75) is 31.7 Å². The second-order valence-electron chi connectivity index (χ2n) is 3.54. The molecule has 63 valence electrons. The number of nitrogens with zero attached hydrogens (tertiary/aromatic N) is 1. The molecule has 0 aliphatic carbocycles. The Labute approximate surface area is 69.0 Å². The molecule has 1 N–H and O–H groups in total. The minimum atomic E-state index is 0.860. The molecule has 0 aromatic carbocycles. The summed E-state index contributed by atoms with van der Waals surface area (Å²) in [6.07, 6.45) is 5.38. The van der Waals surface area contributed by atoms with E-state index in [0.29, 0.717) is 0 Å². The van der Waals surface area contributed by atoms with Crippen LogP contribution in [0.2, 0.25) is 0 Å². The molecule has 0 amide bonds. The summed E-state index contributed by atoms with van der Waals surface area (Å²) >= 11 is 0. The van der Waals surface area contributed by atoms with Crippen LogP contribution in [0, 0.1) is 6.54 Å². The van der Waals surface area contributed by atoms with Crippen molar-refractivity contribution < 1.29 is 0 Å². The third-order valence-electron chi connectivity index (χ3n) is 2.76. The number of likely N-dealkylation sites (tertiary alicyclic amines) is 1. The second-order valence-corrected chi connectivity index (χ2v) is 3.54. The maximum absolute atomic E-state index is 3.40. The lowest BCUT2D eigenvalue weighted by molar-refractivity contribution is 0.227. The van der Waals surface area contributed by atoms with Crippen LogP contribution in [0.3, 0.4) is 0 Å². The molecular formula is C9H17N2. The van der Waals surface area contributed by atoms with Gasteiger partial charge in [0, 0.05) is 12.6 Å². The van der Waals surface area contributed by atoms with Gasteiger partial charge in [-0.3, -0.25) is 4.90 Å². The minimum absolute atomic E-state index is 0.860. The molecule has 2 aliphatic rings. The Kier molecular flexibility index (Phi) is 2.44. The van der Waals surface area contributed by atoms with Gasteiger partial charge in [-0.05, 0) is 45.3 Å². The topological polar surface area (TPSA) is 15.3 Å². The maximum atomic E-state index is 3.40. The van der Waals surface area contributed by atoms with Crippen molar-refractivity contribution in [2.24, 2.45) is 0 Å². The molecule has 2 heteroatoms. The van der Waals surface area contributed by atoms with Crippen molar-refractivity contribution in [3.05, 3.63) is 6.54 Å². The quantitative estimate of drug-likeness (QED) is 0.604. The highest BCUT2D eigenvalue weighted by Crippen LogP contribution is 2.20. The molecule has 2 aliphatic heterocycles. The highest BCUT2D eigenvalue weighted by molar-refractivity contribution is 4.86. The summed E-state index contributed by atoms with van der Waals surface area (Å²) in [6.45, 7) is 6.14. The van der Waals surface area contributed by atoms with Crippen molar-refractivity contribution in [2.75, 3.05) is 19.6 Å². The van der Waals surface area contributed by atoms with E-state index in [0.717, 1.165) is 6.04 Å². The highest BCUT2D eigenvalue weighted by Gasteiger charge is 2.23. The third kappa shape index (κ3) is 1.74. The van der Waals surface area contributed by atoms with Crippen LogP contribution in [0.4, 0.5) is 0 Å². The van der Waals surface area contributed by atoms with Crippen molar-refractivity contribution in [3.63, 3.8) is 0 Å². The van der Waals surface area contributed by atoms with Gasteiger partial charge in [-0.1, -0.05) is 0 Å². The SMILES string of the molecule is [CH]1CCCN1C1CCNCC1. The molecule has 0 bridgehead atoms. The molecular weight excluding hydrogens is 136 g/mol. The lowest BCUT2D eigenvalue weighted by Crippen LogP contribution is -2.40. The number of hydrogen-bond acceptors (Lipinski definition) is 2. The first-order valence-corrected chi connectivity index (χ1v) is 4.76. The van der Waals surface area contributed by atoms with E-state index in [9.17, 15) is 0 Å². The van der Waals surface area contributed by atoms with E-state index in [2.05, 4.69) is 16.8 Å². The van der Waals surface area contributed by atoms with Gasteiger partial charge in [0.05, 0.1) is 0 Å². The van der Waals surface area contributed by atoms with Gasteiger partial charge in [-0.2, -0.15) is 0 Å². The van der Waals surface area contributed by atoms with Crippen LogP contribution < -0.4 is 5.32 Å². The molecule has 0 atom stereocenters. The zero-order valence-corrected chi connectivity index (χ0v) is 7.05. The lowest BCUT2D eigenvalue weighted by Gasteiger charge is -2.30. The van der Waals surface area contributed by atoms with Crippen LogP contribution in [0.5, 0.6) is 0 Å². The Bertz CT molecular complexity index is 113. The molecule has 2 heterocycles. The molecule has 2 saturated heterocycles. The first-order valence-electron chi connectivity index (χ1n) is 4.76. The average Bonchev–Trinajstić information content (AvgIpc) is 2.58. The molecule has 0 unspecified atom stereocenters. The number of nitrogens with one attached hydrogen (secondary N) is 1. The highest BCUT2D eigenvalue weighted by atomic mass is 15.2. The maximum Gasteiger partial charge on any atom is 0.0255 e. The Morgan fingerprint density at radius 1 is 1.27 bits per heavy atom. The van der Waals surface area contributed by atoms with Gasteiger partial charge in [0.25, 0.3) is 0 Å². The lowest BCUT2D eigenvalue weighted by atomic mass is 10.1. The molecule has 1 radical (unpaired) electrons. The smallest absolute Gasteiger partial charge is 0.0255 e. The summed E-state index contributed by atoms with van der Waals surface area (Å²) in [5, 5.41) is 3.40. The number of rotatable bonds is 1. The van der Waals surface area contributed by atoms with Crippen LogP contribution in [0.15, 0.2) is 0 Å². The van der Waals surface area contributed by atoms with Gasteiger partial charge in [-0.25, -0.2) is 0 Å². The Morgan fingerprint density at radius 3 is 2.73 bits per heavy atom. The van der Waals surface area contributed by atoms with Gasteiger partial charge in [0.15, 0.2) is 0 Å². The van der Waals surface area contributed by atoms with Crippen LogP contribution in [-0.2, 0) is 0 Å². The summed E-state index contributed by atoms with van der Waals surface area (Å²) in [6, 6.07) is 0.860. The predicted molar refractivity (Wildman–Crippen MR) is 46.1 cm³/mol. The molecule has 0 aromatic rings. The van der Waals surface area contributed by atoms with Crippen LogP contribution in [0.25, 0.3) is 0 Å². The molecule has 0 aromatic heterocycles. The zero-order valence-electron chi connectivity index (χ0n) is 7.05. The molecule has 2 nitrogen and oxygen atoms in total. The van der Waals surface area contributed by atoms with E-state index < -0.39 is 0 Å². The van der Waals surface area contributed by atoms with E-state index >= 15 is 0 Å². The summed E-state index contributed by atoms with van der Waals surface area (Å²) in [4.78, 5) is 2.56. The molecule has 0 spiro atoms. The van der Waals surface area contributed by atoms with Crippen LogP contribution >= 0.6 is 0 Å². The summed E-state index contributed by atoms with van der Waals surface area (Å²) < 4.78 is 0. The Morgan fingerprint density at radius 2 is 2.09 bits per heavy atom.